The van der Waals surface area contributed by atoms with E-state index in [0.717, 1.165) is 0 Å². The van der Waals surface area contributed by atoms with E-state index >= 15 is 0 Å². The van der Waals surface area contributed by atoms with Crippen molar-refractivity contribution in [1.29, 1.82) is 0 Å². The second-order valence-corrected chi connectivity index (χ2v) is 27.4. The summed E-state index contributed by atoms with van der Waals surface area (Å²) in [5.41, 5.74) is 34.6. The van der Waals surface area contributed by atoms with Crippen LogP contribution in [0.3, 0.4) is 0 Å². The predicted molar refractivity (Wildman–Crippen MR) is 342 cm³/mol. The van der Waals surface area contributed by atoms with E-state index < -0.39 is 0 Å². The lowest BCUT2D eigenvalue weighted by Crippen LogP contribution is -2.61. The van der Waals surface area contributed by atoms with Crippen LogP contribution in [-0.4, -0.2) is 11.3 Å². The summed E-state index contributed by atoms with van der Waals surface area (Å²) in [5, 5.41) is 2.55. The van der Waals surface area contributed by atoms with Crippen molar-refractivity contribution in [2.24, 2.45) is 0 Å². The highest BCUT2D eigenvalue weighted by Gasteiger charge is 2.46. The van der Waals surface area contributed by atoms with Gasteiger partial charge in [-0.3, -0.25) is 0 Å². The molecule has 0 saturated carbocycles. The van der Waals surface area contributed by atoms with Gasteiger partial charge >= 0.3 is 0 Å². The number of benzene rings is 9. The van der Waals surface area contributed by atoms with Crippen molar-refractivity contribution in [2.75, 3.05) is 9.80 Å². The fourth-order valence-electron chi connectivity index (χ4n) is 14.4. The maximum atomic E-state index is 2.70. The molecule has 3 heterocycles. The lowest BCUT2D eigenvalue weighted by atomic mass is 9.33. The number of rotatable bonds is 4. The van der Waals surface area contributed by atoms with Crippen LogP contribution in [0.5, 0.6) is 0 Å². The minimum Gasteiger partial charge on any atom is -0.311 e. The first-order chi connectivity index (χ1) is 37.3. The van der Waals surface area contributed by atoms with Gasteiger partial charge in [0.1, 0.15) is 0 Å². The van der Waals surface area contributed by atoms with Crippen molar-refractivity contribution in [3.8, 4) is 27.9 Å². The van der Waals surface area contributed by atoms with Gasteiger partial charge in [-0.1, -0.05) is 185 Å². The SMILES string of the molecule is Cc1cc(-c2cccc3c2-c2ccccc2C3(C)C)cc(C)c1N1c2cc(C(C)(C)C)ccc2B2c3cc4c5ccccc5n(-c5c(C)cccc5C)c4cc3N(c3c(C)cc(C(C)(C)C)cc3C)c3cc(C(C)(C)C)cc1c32. The van der Waals surface area contributed by atoms with Crippen molar-refractivity contribution in [1.82, 2.24) is 4.57 Å². The van der Waals surface area contributed by atoms with E-state index in [9.17, 15) is 0 Å². The van der Waals surface area contributed by atoms with Crippen LogP contribution in [0.15, 0.2) is 152 Å². The third kappa shape index (κ3) is 7.52. The molecule has 3 aliphatic rings. The van der Waals surface area contributed by atoms with Crippen molar-refractivity contribution in [2.45, 2.75) is 139 Å². The summed E-state index contributed by atoms with van der Waals surface area (Å²) in [5.74, 6) is 0. The Labute approximate surface area is 471 Å². The van der Waals surface area contributed by atoms with Crippen LogP contribution in [0.2, 0.25) is 0 Å². The molecule has 0 saturated heterocycles. The second kappa shape index (κ2) is 17.2. The number of nitrogens with zero attached hydrogens (tertiary/aromatic N) is 3. The molecular weight excluding hydrogens is 954 g/mol. The van der Waals surface area contributed by atoms with Gasteiger partial charge in [-0.25, -0.2) is 0 Å². The Morgan fingerprint density at radius 1 is 0.380 bits per heavy atom. The van der Waals surface area contributed by atoms with Crippen molar-refractivity contribution >= 4 is 79.0 Å². The Morgan fingerprint density at radius 2 is 0.886 bits per heavy atom. The van der Waals surface area contributed by atoms with Crippen molar-refractivity contribution in [3.05, 3.63) is 213 Å². The van der Waals surface area contributed by atoms with Crippen LogP contribution < -0.4 is 26.2 Å². The molecule has 0 N–H and O–H groups in total. The number of para-hydroxylation sites is 2. The lowest BCUT2D eigenvalue weighted by molar-refractivity contribution is 0.589. The largest absolute Gasteiger partial charge is 0.311 e. The topological polar surface area (TPSA) is 11.4 Å². The Hall–Kier alpha value is -7.56. The van der Waals surface area contributed by atoms with Gasteiger partial charge in [0.2, 0.25) is 0 Å². The average molecular weight is 1030 g/mol. The minimum atomic E-state index is -0.170. The summed E-state index contributed by atoms with van der Waals surface area (Å²) in [7, 11) is 0. The minimum absolute atomic E-state index is 0.00814. The summed E-state index contributed by atoms with van der Waals surface area (Å²) in [6, 6.07) is 59.6. The molecule has 3 nitrogen and oxygen atoms in total. The van der Waals surface area contributed by atoms with Gasteiger partial charge in [-0.15, -0.1) is 0 Å². The molecule has 0 atom stereocenters. The zero-order chi connectivity index (χ0) is 55.7. The van der Waals surface area contributed by atoms with E-state index in [1.54, 1.807) is 0 Å². The lowest BCUT2D eigenvalue weighted by Gasteiger charge is -2.46. The molecule has 0 fully saturated rings. The summed E-state index contributed by atoms with van der Waals surface area (Å²) in [6.45, 7) is 40.0. The number of aryl methyl sites for hydroxylation is 6. The van der Waals surface area contributed by atoms with Gasteiger partial charge < -0.3 is 14.4 Å². The van der Waals surface area contributed by atoms with E-state index in [4.69, 9.17) is 0 Å². The molecule has 9 aromatic carbocycles. The smallest absolute Gasteiger partial charge is 0.252 e. The molecule has 0 radical (unpaired) electrons. The van der Waals surface area contributed by atoms with Gasteiger partial charge in [-0.2, -0.15) is 0 Å². The van der Waals surface area contributed by atoms with Crippen molar-refractivity contribution in [3.63, 3.8) is 0 Å². The molecule has 0 amide bonds. The third-order valence-corrected chi connectivity index (χ3v) is 18.5. The molecule has 79 heavy (non-hydrogen) atoms. The Kier molecular flexibility index (Phi) is 11.1. The van der Waals surface area contributed by atoms with Gasteiger partial charge in [0.05, 0.1) is 28.1 Å². The van der Waals surface area contributed by atoms with Gasteiger partial charge in [0.25, 0.3) is 6.71 Å². The monoisotopic (exact) mass is 1030 g/mol. The van der Waals surface area contributed by atoms with E-state index in [-0.39, 0.29) is 28.4 Å². The van der Waals surface area contributed by atoms with E-state index in [0.29, 0.717) is 0 Å². The number of fused-ring (bicyclic) bond motifs is 10. The van der Waals surface area contributed by atoms with E-state index in [1.165, 1.54) is 161 Å². The zero-order valence-corrected chi connectivity index (χ0v) is 49.9. The molecule has 1 aromatic heterocycles. The van der Waals surface area contributed by atoms with Crippen LogP contribution in [0.4, 0.5) is 34.1 Å². The molecular formula is C75H76BN3. The van der Waals surface area contributed by atoms with E-state index in [2.05, 4.69) is 284 Å². The summed E-state index contributed by atoms with van der Waals surface area (Å²) in [4.78, 5) is 5.41. The number of aromatic nitrogens is 1. The molecule has 394 valence electrons. The molecule has 0 bridgehead atoms. The fourth-order valence-corrected chi connectivity index (χ4v) is 14.4. The van der Waals surface area contributed by atoms with Gasteiger partial charge in [0, 0.05) is 38.9 Å². The fraction of sp³-hybridized carbons (Fsp3) is 0.280. The van der Waals surface area contributed by atoms with Crippen molar-refractivity contribution < 1.29 is 0 Å². The number of hydrogen-bond donors (Lipinski definition) is 0. The molecule has 1 aliphatic carbocycles. The second-order valence-electron chi connectivity index (χ2n) is 27.4. The van der Waals surface area contributed by atoms with Crippen LogP contribution in [0.25, 0.3) is 49.7 Å². The maximum absolute atomic E-state index is 2.70. The summed E-state index contributed by atoms with van der Waals surface area (Å²) in [6.07, 6.45) is 0. The summed E-state index contributed by atoms with van der Waals surface area (Å²) >= 11 is 0. The maximum Gasteiger partial charge on any atom is 0.252 e. The zero-order valence-electron chi connectivity index (χ0n) is 49.9. The van der Waals surface area contributed by atoms with Gasteiger partial charge in [0.15, 0.2) is 0 Å². The van der Waals surface area contributed by atoms with Gasteiger partial charge in [-0.05, 0) is 200 Å². The van der Waals surface area contributed by atoms with Crippen LogP contribution in [0.1, 0.15) is 137 Å². The molecule has 0 unspecified atom stereocenters. The molecule has 4 heteroatoms. The first-order valence-electron chi connectivity index (χ1n) is 28.9. The Morgan fingerprint density at radius 3 is 1.51 bits per heavy atom. The molecule has 13 rings (SSSR count). The predicted octanol–water partition coefficient (Wildman–Crippen LogP) is 18.6. The molecule has 0 spiro atoms. The van der Waals surface area contributed by atoms with Crippen LogP contribution >= 0.6 is 0 Å². The highest BCUT2D eigenvalue weighted by Crippen LogP contribution is 2.54. The van der Waals surface area contributed by atoms with Crippen LogP contribution in [0, 0.1) is 41.5 Å². The first-order valence-corrected chi connectivity index (χ1v) is 28.9. The molecule has 2 aliphatic heterocycles. The third-order valence-electron chi connectivity index (χ3n) is 18.5. The highest BCUT2D eigenvalue weighted by atomic mass is 15.2. The highest BCUT2D eigenvalue weighted by molar-refractivity contribution is 7.00. The number of anilines is 6. The first kappa shape index (κ1) is 50.9. The Bertz CT molecular complexity index is 4190. The molecule has 10 aromatic rings. The van der Waals surface area contributed by atoms with Crippen LogP contribution in [-0.2, 0) is 21.7 Å². The Balaban J connectivity index is 1.15. The number of hydrogen-bond acceptors (Lipinski definition) is 2. The normalized spacial score (nSPS) is 14.4. The summed E-state index contributed by atoms with van der Waals surface area (Å²) < 4.78 is 2.56. The standard InChI is InChI=1S/C75H76BN3/c1-43-24-22-25-44(2)69(43)77-61-31-21-19-26-54(61)56-41-60-64(42-62(56)77)79(71-47(5)36-51(37-48(71)6)73(10,11)12)66-40-52(74(13,14)15)39-65-68(66)76(60)59-33-32-50(72(7,8)9)38-63(59)78(65)70-45(3)34-49(35-46(70)4)53-28-23-30-58-67(53)55-27-18-20-29-57(55)75(58,16)17/h18-42H,1-17H3. The quantitative estimate of drug-likeness (QED) is 0.163. The average Bonchev–Trinajstić information content (AvgIpc) is 3.71. The van der Waals surface area contributed by atoms with E-state index in [1.807, 2.05) is 0 Å².